The van der Waals surface area contributed by atoms with Crippen molar-refractivity contribution in [1.82, 2.24) is 5.32 Å². The highest BCUT2D eigenvalue weighted by atomic mass is 79.9. The van der Waals surface area contributed by atoms with Gasteiger partial charge in [-0.05, 0) is 24.1 Å². The van der Waals surface area contributed by atoms with Gasteiger partial charge in [0.05, 0.1) is 6.42 Å². The molecular weight excluding hydrogens is 268 g/mol. The van der Waals surface area contributed by atoms with Gasteiger partial charge in [-0.2, -0.15) is 0 Å². The number of halogens is 1. The number of hydrogen-bond donors (Lipinski definition) is 2. The monoisotopic (exact) mass is 284 g/mol. The van der Waals surface area contributed by atoms with Crippen LogP contribution in [0, 0.1) is 0 Å². The van der Waals surface area contributed by atoms with E-state index in [2.05, 4.69) is 21.2 Å². The maximum Gasteiger partial charge on any atom is 0.224 e. The van der Waals surface area contributed by atoms with Gasteiger partial charge in [-0.1, -0.05) is 35.0 Å². The van der Waals surface area contributed by atoms with Crippen LogP contribution in [0.5, 0.6) is 0 Å². The van der Waals surface area contributed by atoms with E-state index in [9.17, 15) is 4.79 Å². The Morgan fingerprint density at radius 3 is 2.88 bits per heavy atom. The third-order valence-electron chi connectivity index (χ3n) is 2.40. The van der Waals surface area contributed by atoms with Crippen LogP contribution in [0.15, 0.2) is 28.7 Å². The molecule has 3 N–H and O–H groups in total. The van der Waals surface area contributed by atoms with E-state index in [0.717, 1.165) is 16.5 Å². The summed E-state index contributed by atoms with van der Waals surface area (Å²) in [5.74, 6) is 0.0235. The Morgan fingerprint density at radius 1 is 1.56 bits per heavy atom. The molecule has 3 nitrogen and oxygen atoms in total. The molecule has 0 heterocycles. The van der Waals surface area contributed by atoms with E-state index >= 15 is 0 Å². The number of amides is 1. The minimum Gasteiger partial charge on any atom is -0.352 e. The van der Waals surface area contributed by atoms with Crippen LogP contribution < -0.4 is 11.1 Å². The second kappa shape index (κ2) is 6.66. The van der Waals surface area contributed by atoms with E-state index in [1.165, 1.54) is 0 Å². The standard InChI is InChI=1S/C12H17BrN2O/c1-2-11(8-14)15-12(16)7-9-4-3-5-10(13)6-9/h3-6,11H,2,7-8,14H2,1H3,(H,15,16). The highest BCUT2D eigenvalue weighted by Crippen LogP contribution is 2.12. The lowest BCUT2D eigenvalue weighted by atomic mass is 10.1. The summed E-state index contributed by atoms with van der Waals surface area (Å²) in [5.41, 5.74) is 6.53. The lowest BCUT2D eigenvalue weighted by molar-refractivity contribution is -0.121. The molecule has 0 aliphatic heterocycles. The highest BCUT2D eigenvalue weighted by Gasteiger charge is 2.08. The van der Waals surface area contributed by atoms with Crippen LogP contribution in [0.4, 0.5) is 0 Å². The fourth-order valence-corrected chi connectivity index (χ4v) is 1.89. The Labute approximate surface area is 105 Å². The molecule has 4 heteroatoms. The van der Waals surface area contributed by atoms with Crippen molar-refractivity contribution in [1.29, 1.82) is 0 Å². The van der Waals surface area contributed by atoms with Gasteiger partial charge in [0.15, 0.2) is 0 Å². The van der Waals surface area contributed by atoms with Crippen LogP contribution in [0.2, 0.25) is 0 Å². The van der Waals surface area contributed by atoms with Gasteiger partial charge in [-0.25, -0.2) is 0 Å². The lowest BCUT2D eigenvalue weighted by Gasteiger charge is -2.14. The van der Waals surface area contributed by atoms with Crippen molar-refractivity contribution in [3.05, 3.63) is 34.3 Å². The molecule has 0 saturated heterocycles. The number of benzene rings is 1. The Balaban J connectivity index is 2.51. The van der Waals surface area contributed by atoms with Crippen molar-refractivity contribution >= 4 is 21.8 Å². The van der Waals surface area contributed by atoms with E-state index in [1.807, 2.05) is 31.2 Å². The van der Waals surface area contributed by atoms with E-state index in [-0.39, 0.29) is 11.9 Å². The number of nitrogens with one attached hydrogen (secondary N) is 1. The van der Waals surface area contributed by atoms with Gasteiger partial charge in [0.1, 0.15) is 0 Å². The molecular formula is C12H17BrN2O. The summed E-state index contributed by atoms with van der Waals surface area (Å²) >= 11 is 3.38. The molecule has 16 heavy (non-hydrogen) atoms. The molecule has 0 aromatic heterocycles. The number of rotatable bonds is 5. The SMILES string of the molecule is CCC(CN)NC(=O)Cc1cccc(Br)c1. The van der Waals surface area contributed by atoms with Gasteiger partial charge >= 0.3 is 0 Å². The third-order valence-corrected chi connectivity index (χ3v) is 2.89. The summed E-state index contributed by atoms with van der Waals surface area (Å²) in [6.07, 6.45) is 1.26. The Bertz CT molecular complexity index is 351. The van der Waals surface area contributed by atoms with Gasteiger partial charge in [0.2, 0.25) is 5.91 Å². The summed E-state index contributed by atoms with van der Waals surface area (Å²) in [7, 11) is 0. The van der Waals surface area contributed by atoms with Crippen molar-refractivity contribution in [3.8, 4) is 0 Å². The number of nitrogens with two attached hydrogens (primary N) is 1. The molecule has 0 aliphatic carbocycles. The summed E-state index contributed by atoms with van der Waals surface area (Å²) in [5, 5.41) is 2.91. The fraction of sp³-hybridized carbons (Fsp3) is 0.417. The first-order valence-electron chi connectivity index (χ1n) is 5.39. The second-order valence-corrected chi connectivity index (χ2v) is 4.63. The zero-order valence-electron chi connectivity index (χ0n) is 9.37. The largest absolute Gasteiger partial charge is 0.352 e. The number of hydrogen-bond acceptors (Lipinski definition) is 2. The molecule has 0 bridgehead atoms. The third kappa shape index (κ3) is 4.33. The molecule has 0 saturated carbocycles. The van der Waals surface area contributed by atoms with Crippen LogP contribution in [0.25, 0.3) is 0 Å². The highest BCUT2D eigenvalue weighted by molar-refractivity contribution is 9.10. The smallest absolute Gasteiger partial charge is 0.224 e. The summed E-state index contributed by atoms with van der Waals surface area (Å²) < 4.78 is 0.990. The fourth-order valence-electron chi connectivity index (χ4n) is 1.44. The second-order valence-electron chi connectivity index (χ2n) is 3.72. The van der Waals surface area contributed by atoms with Crippen LogP contribution in [0.3, 0.4) is 0 Å². The predicted molar refractivity (Wildman–Crippen MR) is 69.1 cm³/mol. The molecule has 0 radical (unpaired) electrons. The molecule has 1 unspecified atom stereocenters. The summed E-state index contributed by atoms with van der Waals surface area (Å²) in [6.45, 7) is 2.50. The van der Waals surface area contributed by atoms with Crippen molar-refractivity contribution in [3.63, 3.8) is 0 Å². The number of carbonyl (C=O) groups is 1. The first-order valence-corrected chi connectivity index (χ1v) is 6.19. The molecule has 1 aromatic rings. The quantitative estimate of drug-likeness (QED) is 0.867. The van der Waals surface area contributed by atoms with Crippen molar-refractivity contribution < 1.29 is 4.79 Å². The van der Waals surface area contributed by atoms with E-state index in [1.54, 1.807) is 0 Å². The maximum absolute atomic E-state index is 11.7. The van der Waals surface area contributed by atoms with Gasteiger partial charge in [-0.3, -0.25) is 4.79 Å². The van der Waals surface area contributed by atoms with E-state index < -0.39 is 0 Å². The molecule has 0 aliphatic rings. The average molecular weight is 285 g/mol. The Morgan fingerprint density at radius 2 is 2.31 bits per heavy atom. The zero-order valence-corrected chi connectivity index (χ0v) is 11.0. The van der Waals surface area contributed by atoms with Crippen molar-refractivity contribution in [2.45, 2.75) is 25.8 Å². The first kappa shape index (κ1) is 13.2. The molecule has 1 amide bonds. The van der Waals surface area contributed by atoms with Crippen LogP contribution >= 0.6 is 15.9 Å². The van der Waals surface area contributed by atoms with Crippen LogP contribution in [0.1, 0.15) is 18.9 Å². The van der Waals surface area contributed by atoms with E-state index in [0.29, 0.717) is 13.0 Å². The van der Waals surface area contributed by atoms with Crippen molar-refractivity contribution in [2.75, 3.05) is 6.54 Å². The van der Waals surface area contributed by atoms with Gasteiger partial charge < -0.3 is 11.1 Å². The first-order chi connectivity index (χ1) is 7.65. The minimum atomic E-state index is 0.0235. The average Bonchev–Trinajstić information content (AvgIpc) is 2.26. The Kier molecular flexibility index (Phi) is 5.49. The molecule has 0 fully saturated rings. The van der Waals surface area contributed by atoms with Gasteiger partial charge in [0.25, 0.3) is 0 Å². The molecule has 1 aromatic carbocycles. The molecule has 88 valence electrons. The topological polar surface area (TPSA) is 55.1 Å². The van der Waals surface area contributed by atoms with E-state index in [4.69, 9.17) is 5.73 Å². The molecule has 0 spiro atoms. The van der Waals surface area contributed by atoms with Crippen LogP contribution in [-0.2, 0) is 11.2 Å². The van der Waals surface area contributed by atoms with Gasteiger partial charge in [0, 0.05) is 17.1 Å². The lowest BCUT2D eigenvalue weighted by Crippen LogP contribution is -2.40. The Hall–Kier alpha value is -0.870. The van der Waals surface area contributed by atoms with Crippen molar-refractivity contribution in [2.24, 2.45) is 5.73 Å². The number of carbonyl (C=O) groups excluding carboxylic acids is 1. The molecule has 1 rings (SSSR count). The van der Waals surface area contributed by atoms with Crippen LogP contribution in [-0.4, -0.2) is 18.5 Å². The van der Waals surface area contributed by atoms with Gasteiger partial charge in [-0.15, -0.1) is 0 Å². The maximum atomic E-state index is 11.7. The molecule has 1 atom stereocenters. The summed E-state index contributed by atoms with van der Waals surface area (Å²) in [4.78, 5) is 11.7. The predicted octanol–water partition coefficient (Wildman–Crippen LogP) is 1.85. The zero-order chi connectivity index (χ0) is 12.0. The minimum absolute atomic E-state index is 0.0235. The summed E-state index contributed by atoms with van der Waals surface area (Å²) in [6, 6.07) is 7.83. The normalized spacial score (nSPS) is 12.2.